The van der Waals surface area contributed by atoms with Gasteiger partial charge in [-0.15, -0.1) is 0 Å². The second kappa shape index (κ2) is 7.07. The van der Waals surface area contributed by atoms with Gasteiger partial charge in [-0.3, -0.25) is 14.7 Å². The van der Waals surface area contributed by atoms with Crippen LogP contribution in [0.2, 0.25) is 0 Å². The molecule has 1 saturated heterocycles. The van der Waals surface area contributed by atoms with E-state index in [1.807, 2.05) is 0 Å². The van der Waals surface area contributed by atoms with Crippen LogP contribution in [0.1, 0.15) is 58.1 Å². The van der Waals surface area contributed by atoms with Crippen LogP contribution in [0.15, 0.2) is 24.3 Å². The fourth-order valence-electron chi connectivity index (χ4n) is 4.20. The van der Waals surface area contributed by atoms with Crippen LogP contribution in [-0.2, 0) is 23.8 Å². The van der Waals surface area contributed by atoms with E-state index in [1.54, 1.807) is 11.0 Å². The highest BCUT2D eigenvalue weighted by molar-refractivity contribution is 5.95. The first-order valence-corrected chi connectivity index (χ1v) is 9.38. The summed E-state index contributed by atoms with van der Waals surface area (Å²) in [5, 5.41) is 6.91. The second-order valence-corrected chi connectivity index (χ2v) is 7.40. The monoisotopic (exact) mass is 391 g/mol. The van der Waals surface area contributed by atoms with Crippen molar-refractivity contribution in [1.82, 2.24) is 15.1 Å². The van der Waals surface area contributed by atoms with Crippen LogP contribution in [-0.4, -0.2) is 39.9 Å². The fraction of sp³-hybridized carbons (Fsp3) is 0.450. The van der Waals surface area contributed by atoms with E-state index in [2.05, 4.69) is 10.2 Å². The molecule has 2 aromatic rings. The number of aromatic amines is 1. The number of nitrogens with one attached hydrogen (secondary N) is 1. The number of likely N-dealkylation sites (tertiary alicyclic amines) is 1. The van der Waals surface area contributed by atoms with Gasteiger partial charge in [0.2, 0.25) is 0 Å². The second-order valence-electron chi connectivity index (χ2n) is 7.40. The van der Waals surface area contributed by atoms with Crippen LogP contribution < -0.4 is 0 Å². The fourth-order valence-corrected chi connectivity index (χ4v) is 4.20. The Balaban J connectivity index is 1.47. The zero-order valence-corrected chi connectivity index (χ0v) is 15.2. The number of hydrogen-bond acceptors (Lipinski definition) is 3. The zero-order valence-electron chi connectivity index (χ0n) is 15.2. The highest BCUT2D eigenvalue weighted by atomic mass is 19.4. The van der Waals surface area contributed by atoms with Crippen molar-refractivity contribution in [2.45, 2.75) is 44.2 Å². The number of carbonyl (C=O) groups excluding carboxylic acids is 2. The molecule has 1 amide bonds. The summed E-state index contributed by atoms with van der Waals surface area (Å²) >= 11 is 0. The Hall–Kier alpha value is -2.64. The lowest BCUT2D eigenvalue weighted by Crippen LogP contribution is -2.39. The van der Waals surface area contributed by atoms with Crippen molar-refractivity contribution in [2.75, 3.05) is 13.1 Å². The first kappa shape index (κ1) is 18.7. The number of fused-ring (bicyclic) bond motifs is 1. The van der Waals surface area contributed by atoms with E-state index in [4.69, 9.17) is 0 Å². The maximum atomic E-state index is 13.3. The lowest BCUT2D eigenvalue weighted by Gasteiger charge is -2.33. The number of alkyl halides is 3. The molecule has 148 valence electrons. The number of aromatic nitrogens is 2. The Morgan fingerprint density at radius 3 is 2.57 bits per heavy atom. The molecule has 1 aromatic heterocycles. The molecule has 1 aliphatic carbocycles. The van der Waals surface area contributed by atoms with E-state index in [1.165, 1.54) is 12.1 Å². The molecule has 5 nitrogen and oxygen atoms in total. The van der Waals surface area contributed by atoms with Gasteiger partial charge in [-0.2, -0.15) is 18.3 Å². The van der Waals surface area contributed by atoms with Gasteiger partial charge in [-0.1, -0.05) is 18.2 Å². The third kappa shape index (κ3) is 3.43. The van der Waals surface area contributed by atoms with Gasteiger partial charge in [0.15, 0.2) is 5.69 Å². The molecule has 2 heterocycles. The topological polar surface area (TPSA) is 66.1 Å². The number of Topliss-reactive ketones (excluding diaryl/α,β-unsaturated/α-hetero) is 1. The molecule has 0 spiro atoms. The number of benzene rings is 1. The minimum atomic E-state index is -4.38. The van der Waals surface area contributed by atoms with Crippen LogP contribution in [0.4, 0.5) is 13.2 Å². The van der Waals surface area contributed by atoms with Crippen LogP contribution in [0, 0.1) is 0 Å². The lowest BCUT2D eigenvalue weighted by atomic mass is 9.86. The quantitative estimate of drug-likeness (QED) is 0.852. The van der Waals surface area contributed by atoms with Gasteiger partial charge < -0.3 is 4.90 Å². The van der Waals surface area contributed by atoms with Gasteiger partial charge in [0.1, 0.15) is 5.78 Å². The molecule has 28 heavy (non-hydrogen) atoms. The number of ketones is 1. The SMILES string of the molecule is O=C1CCc2c(C(=O)N3CCC(c4ccccc4C(F)(F)F)CC3)n[nH]c2C1. The third-order valence-electron chi connectivity index (χ3n) is 5.67. The molecule has 1 aliphatic heterocycles. The number of H-pyrrole nitrogens is 1. The molecule has 8 heteroatoms. The van der Waals surface area contributed by atoms with Crippen molar-refractivity contribution in [3.05, 3.63) is 52.3 Å². The molecule has 0 unspecified atom stereocenters. The van der Waals surface area contributed by atoms with Crippen LogP contribution in [0.25, 0.3) is 0 Å². The average molecular weight is 391 g/mol. The van der Waals surface area contributed by atoms with Crippen LogP contribution in [0.5, 0.6) is 0 Å². The van der Waals surface area contributed by atoms with Crippen molar-refractivity contribution in [3.63, 3.8) is 0 Å². The minimum Gasteiger partial charge on any atom is -0.337 e. The summed E-state index contributed by atoms with van der Waals surface area (Å²) in [5.41, 5.74) is 1.56. The molecule has 4 rings (SSSR count). The van der Waals surface area contributed by atoms with E-state index in [0.29, 0.717) is 55.7 Å². The van der Waals surface area contributed by atoms with Gasteiger partial charge in [-0.05, 0) is 36.8 Å². The molecular formula is C20H20F3N3O2. The molecule has 0 atom stereocenters. The number of nitrogens with zero attached hydrogens (tertiary/aromatic N) is 2. The molecule has 0 saturated carbocycles. The lowest BCUT2D eigenvalue weighted by molar-refractivity contribution is -0.138. The van der Waals surface area contributed by atoms with Crippen molar-refractivity contribution in [1.29, 1.82) is 0 Å². The smallest absolute Gasteiger partial charge is 0.337 e. The van der Waals surface area contributed by atoms with Crippen molar-refractivity contribution >= 4 is 11.7 Å². The average Bonchev–Trinajstić information content (AvgIpc) is 3.10. The first-order chi connectivity index (χ1) is 13.3. The predicted octanol–water partition coefficient (Wildman–Crippen LogP) is 3.51. The summed E-state index contributed by atoms with van der Waals surface area (Å²) in [6.45, 7) is 0.770. The molecule has 2 aliphatic rings. The largest absolute Gasteiger partial charge is 0.416 e. The Bertz CT molecular complexity index is 912. The van der Waals surface area contributed by atoms with E-state index in [9.17, 15) is 22.8 Å². The molecular weight excluding hydrogens is 371 g/mol. The normalized spacial score (nSPS) is 18.2. The van der Waals surface area contributed by atoms with E-state index < -0.39 is 11.7 Å². The summed E-state index contributed by atoms with van der Waals surface area (Å²) in [7, 11) is 0. The van der Waals surface area contributed by atoms with E-state index in [0.717, 1.165) is 11.6 Å². The summed E-state index contributed by atoms with van der Waals surface area (Å²) < 4.78 is 39.8. The number of carbonyl (C=O) groups is 2. The molecule has 1 fully saturated rings. The summed E-state index contributed by atoms with van der Waals surface area (Å²) in [6.07, 6.45) is -2.25. The number of piperidine rings is 1. The van der Waals surface area contributed by atoms with E-state index in [-0.39, 0.29) is 24.0 Å². The number of hydrogen-bond donors (Lipinski definition) is 1. The van der Waals surface area contributed by atoms with Gasteiger partial charge >= 0.3 is 6.18 Å². The van der Waals surface area contributed by atoms with Gasteiger partial charge in [0.05, 0.1) is 5.56 Å². The van der Waals surface area contributed by atoms with Gasteiger partial charge in [-0.25, -0.2) is 0 Å². The molecule has 1 aromatic carbocycles. The summed E-state index contributed by atoms with van der Waals surface area (Å²) in [4.78, 5) is 26.1. The van der Waals surface area contributed by atoms with Crippen LogP contribution >= 0.6 is 0 Å². The summed E-state index contributed by atoms with van der Waals surface area (Å²) in [6, 6.07) is 5.67. The Morgan fingerprint density at radius 2 is 1.86 bits per heavy atom. The zero-order chi connectivity index (χ0) is 19.9. The van der Waals surface area contributed by atoms with Crippen molar-refractivity contribution in [3.8, 4) is 0 Å². The number of halogens is 3. The standard InChI is InChI=1S/C20H20F3N3O2/c21-20(22,23)16-4-2-1-3-14(16)12-7-9-26(10-8-12)19(28)18-15-6-5-13(27)11-17(15)24-25-18/h1-4,12H,5-11H2,(H,24,25). The van der Waals surface area contributed by atoms with E-state index >= 15 is 0 Å². The summed E-state index contributed by atoms with van der Waals surface area (Å²) in [5.74, 6) is -0.318. The number of rotatable bonds is 2. The minimum absolute atomic E-state index is 0.124. The van der Waals surface area contributed by atoms with Crippen LogP contribution in [0.3, 0.4) is 0 Å². The number of amides is 1. The maximum Gasteiger partial charge on any atom is 0.416 e. The molecule has 0 radical (unpaired) electrons. The Kier molecular flexibility index (Phi) is 4.72. The third-order valence-corrected chi connectivity index (χ3v) is 5.67. The van der Waals surface area contributed by atoms with Gasteiger partial charge in [0, 0.05) is 37.2 Å². The Labute approximate surface area is 159 Å². The highest BCUT2D eigenvalue weighted by Crippen LogP contribution is 2.38. The predicted molar refractivity (Wildman–Crippen MR) is 94.9 cm³/mol. The molecule has 1 N–H and O–H groups in total. The first-order valence-electron chi connectivity index (χ1n) is 9.38. The Morgan fingerprint density at radius 1 is 1.14 bits per heavy atom. The highest BCUT2D eigenvalue weighted by Gasteiger charge is 2.36. The van der Waals surface area contributed by atoms with Crippen molar-refractivity contribution < 1.29 is 22.8 Å². The van der Waals surface area contributed by atoms with Crippen molar-refractivity contribution in [2.24, 2.45) is 0 Å². The maximum absolute atomic E-state index is 13.3. The molecule has 0 bridgehead atoms. The van der Waals surface area contributed by atoms with Gasteiger partial charge in [0.25, 0.3) is 5.91 Å².